The molecule has 4 aromatic rings. The minimum atomic E-state index is -2.94. The van der Waals surface area contributed by atoms with Gasteiger partial charge in [-0.3, -0.25) is 0 Å². The molecule has 0 aromatic heterocycles. The minimum absolute atomic E-state index is 0.633. The molecule has 4 aromatic carbocycles. The summed E-state index contributed by atoms with van der Waals surface area (Å²) < 4.78 is 7.90. The number of benzene rings is 4. The normalized spacial score (nSPS) is 15.0. The van der Waals surface area contributed by atoms with Crippen molar-refractivity contribution in [1.82, 2.24) is 0 Å². The zero-order valence-corrected chi connectivity index (χ0v) is 81.3. The maximum atomic E-state index is 3.14. The van der Waals surface area contributed by atoms with E-state index in [-0.39, 0.29) is 0 Å². The van der Waals surface area contributed by atoms with Gasteiger partial charge in [0.15, 0.2) is 0 Å². The van der Waals surface area contributed by atoms with Crippen LogP contribution in [-0.2, 0) is 0 Å². The molecule has 0 radical (unpaired) electrons. The Morgan fingerprint density at radius 3 is 0.465 bits per heavy atom. The zero-order valence-electron chi connectivity index (χ0n) is 65.1. The van der Waals surface area contributed by atoms with E-state index in [0.29, 0.717) is 31.0 Å². The average molecular weight is 1490 g/mol. The van der Waals surface area contributed by atoms with Crippen molar-refractivity contribution < 1.29 is 0 Å². The number of rotatable bonds is 22. The third kappa shape index (κ3) is 18.1. The van der Waals surface area contributed by atoms with E-state index in [9.17, 15) is 0 Å². The number of hydrogen-bond donors (Lipinski definition) is 0. The molecule has 0 saturated heterocycles. The summed E-state index contributed by atoms with van der Waals surface area (Å²) >= 11 is -5.89. The number of aryl methyl sites for hydroxylation is 6. The summed E-state index contributed by atoms with van der Waals surface area (Å²) in [5.74, 6) is 0. The fraction of sp³-hybridized carbons (Fsp3) is 0.667. The van der Waals surface area contributed by atoms with E-state index in [4.69, 9.17) is 0 Å². The summed E-state index contributed by atoms with van der Waals surface area (Å²) in [5.41, 5.74) is 20.7. The molecule has 86 heavy (non-hydrogen) atoms. The van der Waals surface area contributed by atoms with Gasteiger partial charge in [0.1, 0.15) is 0 Å². The first-order valence-corrected chi connectivity index (χ1v) is 87.7. The van der Waals surface area contributed by atoms with Crippen molar-refractivity contribution in [2.45, 2.75) is 308 Å². The molecule has 4 rings (SSSR count). The molecule has 0 aliphatic carbocycles. The molecule has 0 saturated carbocycles. The van der Waals surface area contributed by atoms with Crippen LogP contribution < -0.4 is 17.6 Å². The van der Waals surface area contributed by atoms with E-state index in [0.717, 1.165) is 0 Å². The van der Waals surface area contributed by atoms with Crippen molar-refractivity contribution in [3.63, 3.8) is 0 Å². The number of hydrogen-bond acceptors (Lipinski definition) is 0. The van der Waals surface area contributed by atoms with E-state index in [1.54, 1.807) is 33.4 Å². The maximum absolute atomic E-state index is 3.14. The third-order valence-electron chi connectivity index (χ3n) is 19.4. The monoisotopic (exact) mass is 1490 g/mol. The molecule has 0 aliphatic heterocycles. The molecule has 484 valence electrons. The van der Waals surface area contributed by atoms with Crippen molar-refractivity contribution in [3.8, 4) is 0 Å². The molecule has 0 amide bonds. The van der Waals surface area contributed by atoms with E-state index >= 15 is 0 Å². The SMILES string of the molecule is Cc1cc(C)[c](/[Ge]([c]2c(C([Si](C)(C)C)[Si](C)(C)C)cc(C([Si](C)(C)C)[Si](C)(C)C)cc2C([Si](C)(C)C)[Si](C)(C)C)=[Ge](\[c]2c(C)cc(C)cc2C)[c]2c(C([Si](C)(C)C)[Si](C)(C)C)cc(C([Si](C)(C)C)[Si](C)(C)C)cc2C([Si](C)(C)C)[Si](C)(C)C)c(C)c1. The first kappa shape index (κ1) is 79.0. The predicted molar refractivity (Wildman–Crippen MR) is 441 cm³/mol. The Hall–Kier alpha value is 0.568. The third-order valence-corrected chi connectivity index (χ3v) is 102. The Kier molecular flexibility index (Phi) is 24.2. The second-order valence-electron chi connectivity index (χ2n) is 41.4. The van der Waals surface area contributed by atoms with Crippen molar-refractivity contribution in [2.24, 2.45) is 0 Å². The summed E-state index contributed by atoms with van der Waals surface area (Å²) in [6.45, 7) is 117. The van der Waals surface area contributed by atoms with Gasteiger partial charge in [-0.25, -0.2) is 0 Å². The molecule has 0 unspecified atom stereocenters. The summed E-state index contributed by atoms with van der Waals surface area (Å²) in [5, 5.41) is 3.89. The molecule has 0 heterocycles. The molecule has 0 fully saturated rings. The van der Waals surface area contributed by atoms with Crippen LogP contribution in [0.1, 0.15) is 97.7 Å². The molecule has 0 spiro atoms. The van der Waals surface area contributed by atoms with Crippen molar-refractivity contribution in [1.29, 1.82) is 0 Å². The standard InChI is InChI=1S/C72H140Ge2Si12/c1-51-43-53(3)63(54(4)44-51)73(65-59(69(79(19,20)21)80(22,23)24)47-57(67(75(7,8)9)76(10,11)12)48-60(65)70(81(25,26)27)82(28,29)30)74(64-55(5)45-52(2)46-56(64)6)66-61(71(83(31,32)33)84(34,35)36)49-58(68(77(13,14)15)78(16,17)18)50-62(66)72(85(37,38)39)86(40,41)42/h43-50,67-72H,1-42H3/b74-73-. The summed E-state index contributed by atoms with van der Waals surface area (Å²) in [4.78, 5) is 0. The fourth-order valence-electron chi connectivity index (χ4n) is 20.7. The quantitative estimate of drug-likeness (QED) is 0.0688. The van der Waals surface area contributed by atoms with Gasteiger partial charge in [0.2, 0.25) is 0 Å². The van der Waals surface area contributed by atoms with Crippen LogP contribution in [0.2, 0.25) is 236 Å². The van der Waals surface area contributed by atoms with E-state index in [1.165, 1.54) is 11.1 Å². The Morgan fingerprint density at radius 2 is 0.337 bits per heavy atom. The summed E-state index contributed by atoms with van der Waals surface area (Å²) in [6.07, 6.45) is 0. The summed E-state index contributed by atoms with van der Waals surface area (Å²) in [7, 11) is -22.4. The molecular formula is C72H140Ge2Si12. The molecule has 0 aliphatic rings. The average Bonchev–Trinajstić information content (AvgIpc) is 0.715. The van der Waals surface area contributed by atoms with Crippen LogP contribution in [0.15, 0.2) is 48.5 Å². The second kappa shape index (κ2) is 26.3. The van der Waals surface area contributed by atoms with Crippen LogP contribution in [0, 0.1) is 41.5 Å². The Bertz CT molecular complexity index is 2690. The van der Waals surface area contributed by atoms with Crippen molar-refractivity contribution in [2.75, 3.05) is 0 Å². The molecule has 0 N–H and O–H groups in total. The van der Waals surface area contributed by atoms with Crippen molar-refractivity contribution >= 4 is 138 Å². The van der Waals surface area contributed by atoms with Crippen LogP contribution >= 0.6 is 0 Å². The van der Waals surface area contributed by atoms with Crippen LogP contribution in [0.5, 0.6) is 0 Å². The van der Waals surface area contributed by atoms with Gasteiger partial charge in [0.05, 0.1) is 0 Å². The Morgan fingerprint density at radius 1 is 0.198 bits per heavy atom. The van der Waals surface area contributed by atoms with E-state index in [1.807, 2.05) is 31.0 Å². The molecule has 14 heteroatoms. The molecule has 0 atom stereocenters. The van der Waals surface area contributed by atoms with Gasteiger partial charge >= 0.3 is 562 Å². The van der Waals surface area contributed by atoms with Crippen molar-refractivity contribution in [3.05, 3.63) is 115 Å². The molecule has 0 nitrogen and oxygen atoms in total. The van der Waals surface area contributed by atoms with Gasteiger partial charge in [-0.1, -0.05) is 0 Å². The van der Waals surface area contributed by atoms with Gasteiger partial charge < -0.3 is 0 Å². The van der Waals surface area contributed by atoms with Gasteiger partial charge in [0, 0.05) is 0 Å². The zero-order chi connectivity index (χ0) is 67.5. The second-order valence-corrected chi connectivity index (χ2v) is 127. The van der Waals surface area contributed by atoms with Crippen LogP contribution in [-0.4, -0.2) is 121 Å². The van der Waals surface area contributed by atoms with Crippen LogP contribution in [0.4, 0.5) is 0 Å². The first-order chi connectivity index (χ1) is 37.8. The first-order valence-electron chi connectivity index (χ1n) is 34.1. The molecular weight excluding hydrogens is 1350 g/mol. The van der Waals surface area contributed by atoms with Gasteiger partial charge in [-0.2, -0.15) is 0 Å². The van der Waals surface area contributed by atoms with Gasteiger partial charge in [-0.05, 0) is 0 Å². The van der Waals surface area contributed by atoms with E-state index < -0.39 is 121 Å². The van der Waals surface area contributed by atoms with Crippen LogP contribution in [0.25, 0.3) is 0 Å². The van der Waals surface area contributed by atoms with E-state index in [2.05, 4.69) is 335 Å². The Balaban J connectivity index is 3.15. The van der Waals surface area contributed by atoms with Gasteiger partial charge in [-0.15, -0.1) is 0 Å². The summed E-state index contributed by atoms with van der Waals surface area (Å²) in [6, 6.07) is 23.4. The molecule has 0 bridgehead atoms. The topological polar surface area (TPSA) is 0 Å². The van der Waals surface area contributed by atoms with Gasteiger partial charge in [0.25, 0.3) is 0 Å². The van der Waals surface area contributed by atoms with Crippen LogP contribution in [0.3, 0.4) is 0 Å². The predicted octanol–water partition coefficient (Wildman–Crippen LogP) is 21.6. The Labute approximate surface area is 556 Å². The fourth-order valence-corrected chi connectivity index (χ4v) is 136.